The number of rotatable bonds is 8. The van der Waals surface area contributed by atoms with E-state index < -0.39 is 6.10 Å². The first-order valence-electron chi connectivity index (χ1n) is 3.86. The van der Waals surface area contributed by atoms with Crippen molar-refractivity contribution in [2.45, 2.75) is 6.10 Å². The molecule has 72 valence electrons. The second kappa shape index (κ2) is 8.67. The molecule has 0 aliphatic rings. The summed E-state index contributed by atoms with van der Waals surface area (Å²) in [5.74, 6) is 0. The first-order chi connectivity index (χ1) is 5.81. The molecule has 0 saturated heterocycles. The van der Waals surface area contributed by atoms with Crippen molar-refractivity contribution in [2.75, 3.05) is 33.0 Å². The Morgan fingerprint density at radius 2 is 2.00 bits per heavy atom. The summed E-state index contributed by atoms with van der Waals surface area (Å²) in [4.78, 5) is 0. The standard InChI is InChI=1S/C8H16O4/c1-2-3-11-4-5-12-7-8(10)6-9/h2,8-10H,1,3-7H2. The molecule has 4 heteroatoms. The van der Waals surface area contributed by atoms with Gasteiger partial charge in [0, 0.05) is 0 Å². The molecule has 0 aromatic heterocycles. The average Bonchev–Trinajstić information content (AvgIpc) is 2.10. The average molecular weight is 176 g/mol. The van der Waals surface area contributed by atoms with Crippen LogP contribution >= 0.6 is 0 Å². The van der Waals surface area contributed by atoms with E-state index >= 15 is 0 Å². The van der Waals surface area contributed by atoms with E-state index in [1.807, 2.05) is 0 Å². The van der Waals surface area contributed by atoms with Gasteiger partial charge in [0.15, 0.2) is 0 Å². The van der Waals surface area contributed by atoms with Crippen molar-refractivity contribution >= 4 is 0 Å². The van der Waals surface area contributed by atoms with Crippen LogP contribution in [0.1, 0.15) is 0 Å². The minimum atomic E-state index is -0.788. The Labute approximate surface area is 72.4 Å². The number of aliphatic hydroxyl groups excluding tert-OH is 2. The predicted molar refractivity (Wildman–Crippen MR) is 44.9 cm³/mol. The highest BCUT2D eigenvalue weighted by atomic mass is 16.5. The summed E-state index contributed by atoms with van der Waals surface area (Å²) < 4.78 is 9.97. The minimum Gasteiger partial charge on any atom is -0.394 e. The summed E-state index contributed by atoms with van der Waals surface area (Å²) >= 11 is 0. The fourth-order valence-electron chi connectivity index (χ4n) is 0.557. The van der Waals surface area contributed by atoms with Crippen molar-refractivity contribution in [2.24, 2.45) is 0 Å². The summed E-state index contributed by atoms with van der Waals surface area (Å²) in [6.45, 7) is 4.76. The maximum atomic E-state index is 8.83. The van der Waals surface area contributed by atoms with Gasteiger partial charge < -0.3 is 19.7 Å². The molecule has 0 aromatic rings. The first-order valence-corrected chi connectivity index (χ1v) is 3.86. The van der Waals surface area contributed by atoms with E-state index in [4.69, 9.17) is 19.7 Å². The minimum absolute atomic E-state index is 0.147. The summed E-state index contributed by atoms with van der Waals surface area (Å²) in [6.07, 6.45) is 0.868. The van der Waals surface area contributed by atoms with E-state index in [2.05, 4.69) is 6.58 Å². The molecule has 0 bridgehead atoms. The summed E-state index contributed by atoms with van der Waals surface area (Å²) in [6, 6.07) is 0. The SMILES string of the molecule is C=CCOCCOCC(O)CO. The Hall–Kier alpha value is -0.420. The van der Waals surface area contributed by atoms with Crippen LogP contribution in [0, 0.1) is 0 Å². The fourth-order valence-corrected chi connectivity index (χ4v) is 0.557. The van der Waals surface area contributed by atoms with Gasteiger partial charge in [0.1, 0.15) is 6.10 Å². The highest BCUT2D eigenvalue weighted by molar-refractivity contribution is 4.63. The normalized spacial score (nSPS) is 12.8. The summed E-state index contributed by atoms with van der Waals surface area (Å²) in [5.41, 5.74) is 0. The molecule has 0 aliphatic heterocycles. The second-order valence-corrected chi connectivity index (χ2v) is 2.27. The smallest absolute Gasteiger partial charge is 0.100 e. The summed E-state index contributed by atoms with van der Waals surface area (Å²) in [7, 11) is 0. The van der Waals surface area contributed by atoms with E-state index in [1.165, 1.54) is 0 Å². The quantitative estimate of drug-likeness (QED) is 0.389. The van der Waals surface area contributed by atoms with Crippen LogP contribution in [-0.2, 0) is 9.47 Å². The maximum Gasteiger partial charge on any atom is 0.100 e. The van der Waals surface area contributed by atoms with Crippen LogP contribution in [0.4, 0.5) is 0 Å². The molecule has 0 aliphatic carbocycles. The van der Waals surface area contributed by atoms with E-state index in [1.54, 1.807) is 6.08 Å². The van der Waals surface area contributed by atoms with Crippen molar-refractivity contribution in [3.8, 4) is 0 Å². The molecule has 1 unspecified atom stereocenters. The van der Waals surface area contributed by atoms with E-state index in [0.717, 1.165) is 0 Å². The first kappa shape index (κ1) is 11.6. The van der Waals surface area contributed by atoms with Crippen LogP contribution < -0.4 is 0 Å². The Morgan fingerprint density at radius 3 is 2.58 bits per heavy atom. The highest BCUT2D eigenvalue weighted by Crippen LogP contribution is 1.84. The Morgan fingerprint density at radius 1 is 1.33 bits per heavy atom. The largest absolute Gasteiger partial charge is 0.394 e. The lowest BCUT2D eigenvalue weighted by atomic mass is 10.4. The highest BCUT2D eigenvalue weighted by Gasteiger charge is 1.99. The van der Waals surface area contributed by atoms with Crippen molar-refractivity contribution in [3.63, 3.8) is 0 Å². The van der Waals surface area contributed by atoms with Gasteiger partial charge in [-0.2, -0.15) is 0 Å². The lowest BCUT2D eigenvalue weighted by molar-refractivity contribution is -0.0118. The number of ether oxygens (including phenoxy) is 2. The molecule has 0 saturated carbocycles. The Balaban J connectivity index is 2.95. The third kappa shape index (κ3) is 7.68. The molecule has 4 nitrogen and oxygen atoms in total. The zero-order valence-electron chi connectivity index (χ0n) is 7.11. The third-order valence-electron chi connectivity index (χ3n) is 1.13. The van der Waals surface area contributed by atoms with Crippen LogP contribution in [0.3, 0.4) is 0 Å². The predicted octanol–water partition coefficient (Wildman–Crippen LogP) is -0.441. The van der Waals surface area contributed by atoms with Crippen LogP contribution in [0.2, 0.25) is 0 Å². The van der Waals surface area contributed by atoms with Crippen molar-refractivity contribution in [1.29, 1.82) is 0 Å². The van der Waals surface area contributed by atoms with E-state index in [-0.39, 0.29) is 13.2 Å². The van der Waals surface area contributed by atoms with Crippen LogP contribution in [0.15, 0.2) is 12.7 Å². The molecule has 0 heterocycles. The summed E-state index contributed by atoms with van der Waals surface area (Å²) in [5, 5.41) is 17.2. The molecule has 0 spiro atoms. The fraction of sp³-hybridized carbons (Fsp3) is 0.750. The maximum absolute atomic E-state index is 8.83. The van der Waals surface area contributed by atoms with Gasteiger partial charge in [-0.05, 0) is 0 Å². The van der Waals surface area contributed by atoms with Gasteiger partial charge >= 0.3 is 0 Å². The molecular formula is C8H16O4. The van der Waals surface area contributed by atoms with E-state index in [9.17, 15) is 0 Å². The zero-order valence-corrected chi connectivity index (χ0v) is 7.11. The van der Waals surface area contributed by atoms with Gasteiger partial charge in [-0.25, -0.2) is 0 Å². The number of hydrogen-bond donors (Lipinski definition) is 2. The number of aliphatic hydroxyl groups is 2. The van der Waals surface area contributed by atoms with Crippen LogP contribution in [0.25, 0.3) is 0 Å². The zero-order chi connectivity index (χ0) is 9.23. The van der Waals surface area contributed by atoms with Crippen molar-refractivity contribution < 1.29 is 19.7 Å². The molecule has 0 amide bonds. The van der Waals surface area contributed by atoms with Gasteiger partial charge in [-0.1, -0.05) is 6.08 Å². The molecule has 0 rings (SSSR count). The molecule has 1 atom stereocenters. The number of hydrogen-bond acceptors (Lipinski definition) is 4. The molecule has 0 radical (unpaired) electrons. The van der Waals surface area contributed by atoms with Gasteiger partial charge in [-0.15, -0.1) is 6.58 Å². The monoisotopic (exact) mass is 176 g/mol. The van der Waals surface area contributed by atoms with Gasteiger partial charge in [0.05, 0.1) is 33.0 Å². The van der Waals surface area contributed by atoms with Gasteiger partial charge in [0.25, 0.3) is 0 Å². The molecule has 12 heavy (non-hydrogen) atoms. The molecular weight excluding hydrogens is 160 g/mol. The lowest BCUT2D eigenvalue weighted by Crippen LogP contribution is -2.20. The van der Waals surface area contributed by atoms with Gasteiger partial charge in [0.2, 0.25) is 0 Å². The lowest BCUT2D eigenvalue weighted by Gasteiger charge is -2.07. The van der Waals surface area contributed by atoms with E-state index in [0.29, 0.717) is 19.8 Å². The third-order valence-corrected chi connectivity index (χ3v) is 1.13. The molecule has 0 fully saturated rings. The van der Waals surface area contributed by atoms with Crippen molar-refractivity contribution in [3.05, 3.63) is 12.7 Å². The molecule has 0 aromatic carbocycles. The van der Waals surface area contributed by atoms with Gasteiger partial charge in [-0.3, -0.25) is 0 Å². The Kier molecular flexibility index (Phi) is 8.37. The van der Waals surface area contributed by atoms with Crippen LogP contribution in [0.5, 0.6) is 0 Å². The molecule has 2 N–H and O–H groups in total. The second-order valence-electron chi connectivity index (χ2n) is 2.27. The van der Waals surface area contributed by atoms with Crippen LogP contribution in [-0.4, -0.2) is 49.4 Å². The van der Waals surface area contributed by atoms with Crippen molar-refractivity contribution in [1.82, 2.24) is 0 Å². The Bertz CT molecular complexity index is 105. The topological polar surface area (TPSA) is 58.9 Å².